The van der Waals surface area contributed by atoms with Gasteiger partial charge in [0, 0.05) is 19.6 Å². The summed E-state index contributed by atoms with van der Waals surface area (Å²) >= 11 is 0. The molecule has 0 spiro atoms. The summed E-state index contributed by atoms with van der Waals surface area (Å²) in [5, 5.41) is 54.8. The fraction of sp³-hybridized carbons (Fsp3) is 0.500. The van der Waals surface area contributed by atoms with Gasteiger partial charge in [-0.2, -0.15) is 0 Å². The van der Waals surface area contributed by atoms with Crippen LogP contribution in [0.15, 0.2) is 0 Å². The average Bonchev–Trinajstić information content (AvgIpc) is 2.33. The number of carbonyl (C=O) groups is 6. The molecule has 17 heteroatoms. The van der Waals surface area contributed by atoms with Gasteiger partial charge in [-0.05, 0) is 0 Å². The van der Waals surface area contributed by atoms with Gasteiger partial charge in [0.25, 0.3) is 0 Å². The molecule has 0 aliphatic heterocycles. The van der Waals surface area contributed by atoms with Gasteiger partial charge in [-0.3, -0.25) is 24.2 Å². The van der Waals surface area contributed by atoms with E-state index in [2.05, 4.69) is 0 Å². The predicted octanol–water partition coefficient (Wildman–Crippen LogP) is -15.9. The van der Waals surface area contributed by atoms with E-state index in [1.165, 1.54) is 0 Å². The molecule has 0 amide bonds. The van der Waals surface area contributed by atoms with Crippen LogP contribution in [0.4, 0.5) is 0 Å². The zero-order valence-corrected chi connectivity index (χ0v) is 22.2. The Morgan fingerprint density at radius 3 is 0.793 bits per heavy atom. The number of rotatable bonds is 12. The smallest absolute Gasteiger partial charge is 0.549 e. The summed E-state index contributed by atoms with van der Waals surface area (Å²) in [5.74, 6) is -8.49. The summed E-state index contributed by atoms with van der Waals surface area (Å²) in [6, 6.07) is 0. The van der Waals surface area contributed by atoms with Crippen molar-refractivity contribution in [1.29, 1.82) is 0 Å². The summed E-state index contributed by atoms with van der Waals surface area (Å²) in [6.07, 6.45) is 0. The van der Waals surface area contributed by atoms with Crippen molar-refractivity contribution in [2.45, 2.75) is 0 Å². The molecule has 0 saturated heterocycles. The summed E-state index contributed by atoms with van der Waals surface area (Å²) in [7, 11) is 0. The van der Waals surface area contributed by atoms with E-state index < -0.39 is 75.1 Å². The molecule has 3 N–H and O–H groups in total. The maximum Gasteiger partial charge on any atom is 1.00 e. The van der Waals surface area contributed by atoms with Crippen molar-refractivity contribution in [2.24, 2.45) is 0 Å². The molecule has 0 radical (unpaired) electrons. The van der Waals surface area contributed by atoms with E-state index in [9.17, 15) is 44.1 Å². The molecule has 0 unspecified atom stereocenters. The molecule has 0 saturated carbocycles. The van der Waals surface area contributed by atoms with Crippen LogP contribution in [0.5, 0.6) is 0 Å². The molecule has 14 nitrogen and oxygen atoms in total. The van der Waals surface area contributed by atoms with Gasteiger partial charge in [0.05, 0.1) is 37.5 Å². The number of aliphatic carboxylic acids is 6. The monoisotopic (exact) mass is 448 g/mol. The first-order chi connectivity index (χ1) is 11.8. The first-order valence-corrected chi connectivity index (χ1v) is 6.53. The number of carbonyl (C=O) groups excluding carboxylic acids is 3. The molecule has 0 aliphatic carbocycles. The SMILES string of the molecule is O=C(O)CN(CC(=O)O)CC(=O)O.O=C([O-])CN(CC(=O)[O-])CC(=O)[O-].[Na+].[Na+].[Na+]. The third kappa shape index (κ3) is 32.6. The quantitative estimate of drug-likeness (QED) is 0.235. The Morgan fingerprint density at radius 1 is 0.483 bits per heavy atom. The van der Waals surface area contributed by atoms with Gasteiger partial charge in [0.15, 0.2) is 0 Å². The normalized spacial score (nSPS) is 8.90. The van der Waals surface area contributed by atoms with E-state index >= 15 is 0 Å². The summed E-state index contributed by atoms with van der Waals surface area (Å²) < 4.78 is 0. The van der Waals surface area contributed by atoms with Crippen LogP contribution in [0, 0.1) is 0 Å². The molecule has 0 aromatic rings. The number of nitrogens with zero attached hydrogens (tertiary/aromatic N) is 2. The van der Waals surface area contributed by atoms with Crippen molar-refractivity contribution in [2.75, 3.05) is 39.3 Å². The van der Waals surface area contributed by atoms with E-state index in [-0.39, 0.29) is 88.7 Å². The number of carboxylic acids is 6. The largest absolute Gasteiger partial charge is 1.00 e. The summed E-state index contributed by atoms with van der Waals surface area (Å²) in [4.78, 5) is 61.8. The molecule has 0 aliphatic rings. The van der Waals surface area contributed by atoms with Crippen LogP contribution in [0.25, 0.3) is 0 Å². The number of hydrogen-bond acceptors (Lipinski definition) is 11. The van der Waals surface area contributed by atoms with Gasteiger partial charge < -0.3 is 45.0 Å². The van der Waals surface area contributed by atoms with Crippen LogP contribution < -0.4 is 104 Å². The van der Waals surface area contributed by atoms with Crippen molar-refractivity contribution in [3.8, 4) is 0 Å². The van der Waals surface area contributed by atoms with Gasteiger partial charge in [0.2, 0.25) is 0 Å². The fourth-order valence-electron chi connectivity index (χ4n) is 1.46. The first kappa shape index (κ1) is 39.2. The molecule has 0 bridgehead atoms. The molecule has 0 aromatic carbocycles. The summed E-state index contributed by atoms with van der Waals surface area (Å²) in [5.41, 5.74) is 0. The molecular formula is C12H15N2Na3O12. The number of hydrogen-bond donors (Lipinski definition) is 3. The standard InChI is InChI=1S/2C6H9NO6.3Na/c2*8-4(9)1-7(2-5(10)11)3-6(12)13;;;/h2*1-3H2,(H,8,9)(H,10,11)(H,12,13);;;/q;;3*+1/p-3. The van der Waals surface area contributed by atoms with Crippen LogP contribution >= 0.6 is 0 Å². The Hall–Kier alpha value is -0.260. The van der Waals surface area contributed by atoms with Crippen LogP contribution in [-0.4, -0.2) is 100 Å². The second-order valence-electron chi connectivity index (χ2n) is 4.59. The van der Waals surface area contributed by atoms with Crippen molar-refractivity contribution in [3.05, 3.63) is 0 Å². The molecular weight excluding hydrogens is 433 g/mol. The summed E-state index contributed by atoms with van der Waals surface area (Å²) in [6.45, 7) is -4.17. The van der Waals surface area contributed by atoms with Crippen molar-refractivity contribution in [3.63, 3.8) is 0 Å². The fourth-order valence-corrected chi connectivity index (χ4v) is 1.46. The molecule has 0 heterocycles. The minimum absolute atomic E-state index is 0. The van der Waals surface area contributed by atoms with E-state index in [4.69, 9.17) is 15.3 Å². The van der Waals surface area contributed by atoms with E-state index in [1.54, 1.807) is 0 Å². The molecule has 148 valence electrons. The van der Waals surface area contributed by atoms with Crippen LogP contribution in [0.2, 0.25) is 0 Å². The first-order valence-electron chi connectivity index (χ1n) is 6.53. The molecule has 0 atom stereocenters. The van der Waals surface area contributed by atoms with Gasteiger partial charge in [-0.15, -0.1) is 0 Å². The Bertz CT molecular complexity index is 436. The Kier molecular flexibility index (Phi) is 30.3. The van der Waals surface area contributed by atoms with E-state index in [0.29, 0.717) is 4.90 Å². The van der Waals surface area contributed by atoms with Crippen LogP contribution in [0.1, 0.15) is 0 Å². The van der Waals surface area contributed by atoms with Crippen molar-refractivity contribution >= 4 is 35.8 Å². The Labute approximate surface area is 230 Å². The predicted molar refractivity (Wildman–Crippen MR) is 70.8 cm³/mol. The van der Waals surface area contributed by atoms with Gasteiger partial charge in [0.1, 0.15) is 0 Å². The molecule has 0 fully saturated rings. The molecule has 29 heavy (non-hydrogen) atoms. The van der Waals surface area contributed by atoms with Crippen molar-refractivity contribution < 1.29 is 148 Å². The third-order valence-electron chi connectivity index (χ3n) is 2.13. The molecule has 0 rings (SSSR count). The van der Waals surface area contributed by atoms with E-state index in [1.807, 2.05) is 0 Å². The van der Waals surface area contributed by atoms with E-state index in [0.717, 1.165) is 4.90 Å². The Balaban J connectivity index is -0.000000120. The maximum absolute atomic E-state index is 10.1. The second-order valence-corrected chi connectivity index (χ2v) is 4.59. The van der Waals surface area contributed by atoms with Crippen LogP contribution in [0.3, 0.4) is 0 Å². The minimum atomic E-state index is -1.57. The van der Waals surface area contributed by atoms with Crippen molar-refractivity contribution in [1.82, 2.24) is 9.80 Å². The second kappa shape index (κ2) is 22.4. The topological polar surface area (TPSA) is 239 Å². The Morgan fingerprint density at radius 2 is 0.655 bits per heavy atom. The zero-order chi connectivity index (χ0) is 20.9. The average molecular weight is 448 g/mol. The van der Waals surface area contributed by atoms with Gasteiger partial charge >= 0.3 is 107 Å². The minimum Gasteiger partial charge on any atom is -0.549 e. The van der Waals surface area contributed by atoms with Crippen LogP contribution in [-0.2, 0) is 28.8 Å². The molecule has 0 aromatic heterocycles. The third-order valence-corrected chi connectivity index (χ3v) is 2.13. The van der Waals surface area contributed by atoms with Gasteiger partial charge in [-0.1, -0.05) is 0 Å². The zero-order valence-electron chi connectivity index (χ0n) is 16.2. The van der Waals surface area contributed by atoms with Gasteiger partial charge in [-0.25, -0.2) is 0 Å². The number of carboxylic acid groups (broad SMARTS) is 6. The maximum atomic E-state index is 10.1.